The first-order valence-corrected chi connectivity index (χ1v) is 8.82. The van der Waals surface area contributed by atoms with E-state index in [1.807, 2.05) is 4.68 Å². The fourth-order valence-corrected chi connectivity index (χ4v) is 4.07. The molecule has 2 rings (SSSR count). The van der Waals surface area contributed by atoms with Crippen LogP contribution < -0.4 is 5.32 Å². The predicted molar refractivity (Wildman–Crippen MR) is 84.0 cm³/mol. The summed E-state index contributed by atoms with van der Waals surface area (Å²) in [5.41, 5.74) is 2.17. The first-order valence-electron chi connectivity index (χ1n) is 7.28. The van der Waals surface area contributed by atoms with Crippen LogP contribution in [0.3, 0.4) is 0 Å². The van der Waals surface area contributed by atoms with Gasteiger partial charge in [0.15, 0.2) is 0 Å². The number of thioether (sulfide) groups is 1. The van der Waals surface area contributed by atoms with Gasteiger partial charge in [0.25, 0.3) is 0 Å². The molecule has 2 heterocycles. The zero-order valence-electron chi connectivity index (χ0n) is 11.9. The monoisotopic (exact) mass is 301 g/mol. The number of hydrogen-bond donors (Lipinski definition) is 1. The normalized spacial score (nSPS) is 17.0. The summed E-state index contributed by atoms with van der Waals surface area (Å²) in [5.74, 6) is 3.48. The van der Waals surface area contributed by atoms with Crippen molar-refractivity contribution in [2.45, 2.75) is 46.2 Å². The quantitative estimate of drug-likeness (QED) is 0.874. The highest BCUT2D eigenvalue weighted by Gasteiger charge is 2.16. The summed E-state index contributed by atoms with van der Waals surface area (Å²) in [6.45, 7) is 7.04. The summed E-state index contributed by atoms with van der Waals surface area (Å²) in [4.78, 5) is 0. The molecule has 0 unspecified atom stereocenters. The van der Waals surface area contributed by atoms with E-state index in [4.69, 9.17) is 11.6 Å². The third kappa shape index (κ3) is 3.89. The van der Waals surface area contributed by atoms with Crippen LogP contribution in [0.1, 0.15) is 38.1 Å². The van der Waals surface area contributed by atoms with Gasteiger partial charge in [-0.15, -0.1) is 0 Å². The van der Waals surface area contributed by atoms with E-state index < -0.39 is 0 Å². The Morgan fingerprint density at radius 2 is 2.11 bits per heavy atom. The van der Waals surface area contributed by atoms with Crippen LogP contribution in [-0.2, 0) is 19.5 Å². The van der Waals surface area contributed by atoms with Crippen molar-refractivity contribution in [2.24, 2.45) is 5.92 Å². The molecule has 0 aromatic carbocycles. The molecule has 1 aromatic rings. The lowest BCUT2D eigenvalue weighted by atomic mass is 10.0. The number of aryl methyl sites for hydroxylation is 2. The lowest BCUT2D eigenvalue weighted by molar-refractivity contribution is 0.441. The lowest BCUT2D eigenvalue weighted by Gasteiger charge is -2.21. The summed E-state index contributed by atoms with van der Waals surface area (Å²) < 4.78 is 2.03. The number of nitrogens with one attached hydrogen (secondary N) is 1. The highest BCUT2D eigenvalue weighted by molar-refractivity contribution is 7.99. The molecule has 108 valence electrons. The van der Waals surface area contributed by atoms with Crippen LogP contribution in [-0.4, -0.2) is 27.8 Å². The molecule has 1 aliphatic rings. The van der Waals surface area contributed by atoms with Gasteiger partial charge in [-0.1, -0.05) is 18.5 Å². The SMILES string of the molecule is CCc1nn(CC)c(CNCC2CCSCC2)c1Cl. The second-order valence-corrected chi connectivity index (χ2v) is 6.67. The van der Waals surface area contributed by atoms with Crippen LogP contribution in [0.2, 0.25) is 5.02 Å². The average molecular weight is 302 g/mol. The van der Waals surface area contributed by atoms with Crippen LogP contribution in [0.4, 0.5) is 0 Å². The van der Waals surface area contributed by atoms with Crippen LogP contribution in [0, 0.1) is 5.92 Å². The van der Waals surface area contributed by atoms with E-state index in [9.17, 15) is 0 Å². The highest BCUT2D eigenvalue weighted by Crippen LogP contribution is 2.23. The van der Waals surface area contributed by atoms with Crippen LogP contribution in [0.25, 0.3) is 0 Å². The molecule has 1 aromatic heterocycles. The summed E-state index contributed by atoms with van der Waals surface area (Å²) in [7, 11) is 0. The van der Waals surface area contributed by atoms with Crippen molar-refractivity contribution in [3.63, 3.8) is 0 Å². The molecule has 1 aliphatic heterocycles. The van der Waals surface area contributed by atoms with Gasteiger partial charge in [0.05, 0.1) is 16.4 Å². The van der Waals surface area contributed by atoms with E-state index in [0.29, 0.717) is 0 Å². The number of hydrogen-bond acceptors (Lipinski definition) is 3. The molecule has 1 saturated heterocycles. The van der Waals surface area contributed by atoms with Gasteiger partial charge in [0, 0.05) is 13.1 Å². The van der Waals surface area contributed by atoms with Crippen molar-refractivity contribution in [1.82, 2.24) is 15.1 Å². The van der Waals surface area contributed by atoms with Crippen molar-refractivity contribution in [2.75, 3.05) is 18.1 Å². The molecular formula is C14H24ClN3S. The van der Waals surface area contributed by atoms with E-state index in [1.54, 1.807) is 0 Å². The molecule has 0 spiro atoms. The van der Waals surface area contributed by atoms with Crippen molar-refractivity contribution >= 4 is 23.4 Å². The molecule has 1 N–H and O–H groups in total. The van der Waals surface area contributed by atoms with Gasteiger partial charge in [0.2, 0.25) is 0 Å². The topological polar surface area (TPSA) is 29.9 Å². The maximum absolute atomic E-state index is 6.40. The van der Waals surface area contributed by atoms with Gasteiger partial charge in [-0.2, -0.15) is 16.9 Å². The Morgan fingerprint density at radius 3 is 2.74 bits per heavy atom. The van der Waals surface area contributed by atoms with E-state index >= 15 is 0 Å². The van der Waals surface area contributed by atoms with Gasteiger partial charge in [-0.25, -0.2) is 0 Å². The Labute approximate surface area is 125 Å². The van der Waals surface area contributed by atoms with Crippen LogP contribution in [0.5, 0.6) is 0 Å². The summed E-state index contributed by atoms with van der Waals surface area (Å²) >= 11 is 8.48. The molecule has 3 nitrogen and oxygen atoms in total. The standard InChI is InChI=1S/C14H24ClN3S/c1-3-12-14(15)13(18(4-2)17-12)10-16-9-11-5-7-19-8-6-11/h11,16H,3-10H2,1-2H3. The van der Waals surface area contributed by atoms with Crippen molar-refractivity contribution in [3.8, 4) is 0 Å². The van der Waals surface area contributed by atoms with E-state index in [2.05, 4.69) is 36.0 Å². The minimum atomic E-state index is 0.837. The largest absolute Gasteiger partial charge is 0.311 e. The fourth-order valence-electron chi connectivity index (χ4n) is 2.53. The van der Waals surface area contributed by atoms with Gasteiger partial charge < -0.3 is 5.32 Å². The predicted octanol–water partition coefficient (Wildman–Crippen LogP) is 3.35. The first kappa shape index (κ1) is 15.2. The molecule has 0 atom stereocenters. The van der Waals surface area contributed by atoms with Crippen LogP contribution >= 0.6 is 23.4 Å². The molecule has 1 fully saturated rings. The molecule has 19 heavy (non-hydrogen) atoms. The third-order valence-electron chi connectivity index (χ3n) is 3.76. The smallest absolute Gasteiger partial charge is 0.0863 e. The summed E-state index contributed by atoms with van der Waals surface area (Å²) in [5, 5.41) is 8.98. The molecular weight excluding hydrogens is 278 g/mol. The van der Waals surface area contributed by atoms with E-state index in [1.165, 1.54) is 24.3 Å². The molecule has 0 saturated carbocycles. The fraction of sp³-hybridized carbons (Fsp3) is 0.786. The van der Waals surface area contributed by atoms with Crippen molar-refractivity contribution in [1.29, 1.82) is 0 Å². The van der Waals surface area contributed by atoms with Gasteiger partial charge in [-0.3, -0.25) is 4.68 Å². The lowest BCUT2D eigenvalue weighted by Crippen LogP contribution is -2.26. The zero-order chi connectivity index (χ0) is 13.7. The Morgan fingerprint density at radius 1 is 1.37 bits per heavy atom. The molecule has 0 bridgehead atoms. The molecule has 0 aliphatic carbocycles. The molecule has 0 radical (unpaired) electrons. The zero-order valence-corrected chi connectivity index (χ0v) is 13.5. The van der Waals surface area contributed by atoms with Crippen molar-refractivity contribution < 1.29 is 0 Å². The summed E-state index contributed by atoms with van der Waals surface area (Å²) in [6.07, 6.45) is 3.59. The number of rotatable bonds is 6. The Hall–Kier alpha value is -0.190. The summed E-state index contributed by atoms with van der Waals surface area (Å²) in [6, 6.07) is 0. The van der Waals surface area contributed by atoms with Crippen molar-refractivity contribution in [3.05, 3.63) is 16.4 Å². The number of aromatic nitrogens is 2. The number of nitrogens with zero attached hydrogens (tertiary/aromatic N) is 2. The van der Waals surface area contributed by atoms with Crippen LogP contribution in [0.15, 0.2) is 0 Å². The van der Waals surface area contributed by atoms with Gasteiger partial charge in [0.1, 0.15) is 0 Å². The third-order valence-corrected chi connectivity index (χ3v) is 5.25. The Kier molecular flexibility index (Phi) is 6.05. The second kappa shape index (κ2) is 7.55. The molecule has 5 heteroatoms. The Bertz CT molecular complexity index is 400. The second-order valence-electron chi connectivity index (χ2n) is 5.06. The first-order chi connectivity index (χ1) is 9.26. The maximum atomic E-state index is 6.40. The highest BCUT2D eigenvalue weighted by atomic mass is 35.5. The van der Waals surface area contributed by atoms with E-state index in [0.717, 1.165) is 48.4 Å². The minimum absolute atomic E-state index is 0.837. The van der Waals surface area contributed by atoms with Gasteiger partial charge in [-0.05, 0) is 50.2 Å². The number of halogens is 1. The van der Waals surface area contributed by atoms with E-state index in [-0.39, 0.29) is 0 Å². The maximum Gasteiger partial charge on any atom is 0.0863 e. The minimum Gasteiger partial charge on any atom is -0.311 e. The average Bonchev–Trinajstić information content (AvgIpc) is 2.76. The Balaban J connectivity index is 1.89. The molecule has 0 amide bonds. The van der Waals surface area contributed by atoms with Gasteiger partial charge >= 0.3 is 0 Å².